The zero-order chi connectivity index (χ0) is 52.2. The summed E-state index contributed by atoms with van der Waals surface area (Å²) in [6.07, 6.45) is 78.0. The average Bonchev–Trinajstić information content (AvgIpc) is 3.38. The van der Waals surface area contributed by atoms with Crippen LogP contribution < -0.4 is 0 Å². The molecule has 0 aliphatic rings. The maximum absolute atomic E-state index is 12.8. The van der Waals surface area contributed by atoms with Gasteiger partial charge in [0.25, 0.3) is 0 Å². The van der Waals surface area contributed by atoms with Crippen LogP contribution in [0.5, 0.6) is 0 Å². The number of ether oxygens (including phenoxy) is 3. The highest BCUT2D eigenvalue weighted by Crippen LogP contribution is 2.17. The lowest BCUT2D eigenvalue weighted by atomic mass is 10.0. The third-order valence-corrected chi connectivity index (χ3v) is 13.4. The molecule has 0 N–H and O–H groups in total. The Balaban J connectivity index is 4.00. The molecule has 1 unspecified atom stereocenters. The van der Waals surface area contributed by atoms with Gasteiger partial charge in [0.05, 0.1) is 0 Å². The third-order valence-electron chi connectivity index (χ3n) is 13.4. The van der Waals surface area contributed by atoms with E-state index >= 15 is 0 Å². The van der Waals surface area contributed by atoms with Crippen molar-refractivity contribution in [3.8, 4) is 0 Å². The smallest absolute Gasteiger partial charge is 0.306 e. The van der Waals surface area contributed by atoms with Crippen molar-refractivity contribution in [2.75, 3.05) is 13.2 Å². The van der Waals surface area contributed by atoms with Gasteiger partial charge in [0.15, 0.2) is 6.10 Å². The van der Waals surface area contributed by atoms with E-state index in [0.717, 1.165) is 96.3 Å². The van der Waals surface area contributed by atoms with Crippen molar-refractivity contribution >= 4 is 17.9 Å². The molecule has 0 saturated carbocycles. The zero-order valence-corrected chi connectivity index (χ0v) is 47.7. The van der Waals surface area contributed by atoms with Gasteiger partial charge in [-0.1, -0.05) is 273 Å². The van der Waals surface area contributed by atoms with Crippen molar-refractivity contribution in [3.05, 3.63) is 72.9 Å². The second-order valence-corrected chi connectivity index (χ2v) is 20.6. The average molecular weight is 1010 g/mol. The second kappa shape index (κ2) is 60.4. The number of esters is 3. The van der Waals surface area contributed by atoms with Crippen molar-refractivity contribution in [3.63, 3.8) is 0 Å². The summed E-state index contributed by atoms with van der Waals surface area (Å²) >= 11 is 0. The standard InChI is InChI=1S/C66H116O6/c1-4-7-10-13-16-18-20-22-24-26-27-28-29-30-31-32-33-34-35-36-37-38-39-41-42-44-46-48-50-53-56-59-65(68)71-62-63(61-70-64(67)58-55-52-15-12-9-6-3)72-66(69)60-57-54-51-49-47-45-43-40-25-23-21-19-17-14-11-8-5-2/h7,10,16-19,22-25,27-28,63H,4-6,8-9,11-15,20-21,26,29-62H2,1-3H3/b10-7-,18-16-,19-17-,24-22-,25-23-,28-27-. The highest BCUT2D eigenvalue weighted by molar-refractivity contribution is 5.71. The summed E-state index contributed by atoms with van der Waals surface area (Å²) in [4.78, 5) is 37.9. The molecule has 0 rings (SSSR count). The molecule has 6 nitrogen and oxygen atoms in total. The molecule has 0 bridgehead atoms. The lowest BCUT2D eigenvalue weighted by Gasteiger charge is -2.18. The van der Waals surface area contributed by atoms with Gasteiger partial charge < -0.3 is 14.2 Å². The van der Waals surface area contributed by atoms with Crippen LogP contribution in [0, 0.1) is 0 Å². The van der Waals surface area contributed by atoms with Crippen molar-refractivity contribution in [1.82, 2.24) is 0 Å². The van der Waals surface area contributed by atoms with Crippen LogP contribution in [0.2, 0.25) is 0 Å². The highest BCUT2D eigenvalue weighted by Gasteiger charge is 2.19. The molecular formula is C66H116O6. The molecule has 0 aliphatic carbocycles. The van der Waals surface area contributed by atoms with Gasteiger partial charge in [-0.15, -0.1) is 0 Å². The Morgan fingerprint density at radius 1 is 0.292 bits per heavy atom. The summed E-state index contributed by atoms with van der Waals surface area (Å²) in [6.45, 7) is 6.46. The van der Waals surface area contributed by atoms with Gasteiger partial charge in [0.1, 0.15) is 13.2 Å². The minimum atomic E-state index is -0.774. The van der Waals surface area contributed by atoms with E-state index in [-0.39, 0.29) is 31.1 Å². The van der Waals surface area contributed by atoms with Crippen molar-refractivity contribution in [1.29, 1.82) is 0 Å². The Hall–Kier alpha value is -3.15. The van der Waals surface area contributed by atoms with Crippen molar-refractivity contribution in [2.45, 2.75) is 316 Å². The molecular weight excluding hydrogens is 889 g/mol. The molecule has 0 aromatic heterocycles. The molecule has 72 heavy (non-hydrogen) atoms. The predicted molar refractivity (Wildman–Crippen MR) is 311 cm³/mol. The molecule has 416 valence electrons. The Morgan fingerprint density at radius 3 is 0.875 bits per heavy atom. The van der Waals surface area contributed by atoms with Crippen LogP contribution in [0.25, 0.3) is 0 Å². The molecule has 0 aromatic rings. The summed E-state index contributed by atoms with van der Waals surface area (Å²) < 4.78 is 16.8. The number of rotatable bonds is 56. The molecule has 6 heteroatoms. The number of hydrogen-bond donors (Lipinski definition) is 0. The Kier molecular flexibility index (Phi) is 57.8. The van der Waals surface area contributed by atoms with Crippen LogP contribution in [0.15, 0.2) is 72.9 Å². The maximum atomic E-state index is 12.8. The number of hydrogen-bond acceptors (Lipinski definition) is 6. The minimum absolute atomic E-state index is 0.0750. The number of allylic oxidation sites excluding steroid dienone is 12. The van der Waals surface area contributed by atoms with Crippen LogP contribution in [-0.2, 0) is 28.6 Å². The van der Waals surface area contributed by atoms with Gasteiger partial charge in [-0.25, -0.2) is 0 Å². The van der Waals surface area contributed by atoms with Crippen LogP contribution in [0.4, 0.5) is 0 Å². The molecule has 0 saturated heterocycles. The molecule has 0 amide bonds. The van der Waals surface area contributed by atoms with E-state index in [2.05, 4.69) is 93.7 Å². The summed E-state index contributed by atoms with van der Waals surface area (Å²) in [7, 11) is 0. The van der Waals surface area contributed by atoms with E-state index in [4.69, 9.17) is 14.2 Å². The van der Waals surface area contributed by atoms with E-state index in [9.17, 15) is 14.4 Å². The van der Waals surface area contributed by atoms with Gasteiger partial charge in [0, 0.05) is 19.3 Å². The first kappa shape index (κ1) is 68.8. The number of carbonyl (C=O) groups excluding carboxylic acids is 3. The van der Waals surface area contributed by atoms with Crippen LogP contribution >= 0.6 is 0 Å². The second-order valence-electron chi connectivity index (χ2n) is 20.6. The zero-order valence-electron chi connectivity index (χ0n) is 47.7. The molecule has 0 aliphatic heterocycles. The topological polar surface area (TPSA) is 78.9 Å². The fourth-order valence-corrected chi connectivity index (χ4v) is 8.82. The largest absolute Gasteiger partial charge is 0.462 e. The molecule has 0 aromatic carbocycles. The van der Waals surface area contributed by atoms with Gasteiger partial charge in [-0.05, 0) is 89.9 Å². The molecule has 1 atom stereocenters. The SMILES string of the molecule is CC/C=C\C/C=C\C/C=C\C/C=C\CCCCCCCCCCCCCCCCCCCCC(=O)OCC(COC(=O)CCCCCCCC)OC(=O)CCCCCCCCC/C=C\C/C=C\CCCCC. The maximum Gasteiger partial charge on any atom is 0.306 e. The molecule has 0 fully saturated rings. The highest BCUT2D eigenvalue weighted by atomic mass is 16.6. The quantitative estimate of drug-likeness (QED) is 0.0261. The molecule has 0 spiro atoms. The fraction of sp³-hybridized carbons (Fsp3) is 0.773. The first-order chi connectivity index (χ1) is 35.5. The lowest BCUT2D eigenvalue weighted by molar-refractivity contribution is -0.167. The monoisotopic (exact) mass is 1000 g/mol. The Bertz CT molecular complexity index is 1340. The van der Waals surface area contributed by atoms with E-state index in [1.54, 1.807) is 0 Å². The number of carbonyl (C=O) groups is 3. The van der Waals surface area contributed by atoms with Crippen LogP contribution in [-0.4, -0.2) is 37.2 Å². The lowest BCUT2D eigenvalue weighted by Crippen LogP contribution is -2.30. The minimum Gasteiger partial charge on any atom is -0.462 e. The Morgan fingerprint density at radius 2 is 0.542 bits per heavy atom. The molecule has 0 radical (unpaired) electrons. The summed E-state index contributed by atoms with van der Waals surface area (Å²) in [6, 6.07) is 0. The molecule has 0 heterocycles. The van der Waals surface area contributed by atoms with Crippen molar-refractivity contribution < 1.29 is 28.6 Å². The van der Waals surface area contributed by atoms with E-state index in [0.29, 0.717) is 19.3 Å². The van der Waals surface area contributed by atoms with Gasteiger partial charge >= 0.3 is 17.9 Å². The van der Waals surface area contributed by atoms with Gasteiger partial charge in [-0.3, -0.25) is 14.4 Å². The van der Waals surface area contributed by atoms with E-state index < -0.39 is 6.10 Å². The van der Waals surface area contributed by atoms with Gasteiger partial charge in [-0.2, -0.15) is 0 Å². The summed E-state index contributed by atoms with van der Waals surface area (Å²) in [5.74, 6) is -0.881. The van der Waals surface area contributed by atoms with E-state index in [1.807, 2.05) is 0 Å². The predicted octanol–water partition coefficient (Wildman–Crippen LogP) is 20.9. The van der Waals surface area contributed by atoms with Crippen LogP contribution in [0.3, 0.4) is 0 Å². The normalized spacial score (nSPS) is 12.5. The summed E-state index contributed by atoms with van der Waals surface area (Å²) in [5.41, 5.74) is 0. The number of unbranched alkanes of at least 4 members (excludes halogenated alkanes) is 33. The van der Waals surface area contributed by atoms with Crippen molar-refractivity contribution in [2.24, 2.45) is 0 Å². The summed E-state index contributed by atoms with van der Waals surface area (Å²) in [5, 5.41) is 0. The van der Waals surface area contributed by atoms with E-state index in [1.165, 1.54) is 173 Å². The fourth-order valence-electron chi connectivity index (χ4n) is 8.82. The first-order valence-corrected chi connectivity index (χ1v) is 30.9. The Labute approximate surface area is 446 Å². The van der Waals surface area contributed by atoms with Crippen LogP contribution in [0.1, 0.15) is 310 Å². The van der Waals surface area contributed by atoms with Gasteiger partial charge in [0.2, 0.25) is 0 Å². The third kappa shape index (κ3) is 57.7. The first-order valence-electron chi connectivity index (χ1n) is 30.9.